The number of carbonyl (C=O) groups excluding carboxylic acids is 7. The van der Waals surface area contributed by atoms with Crippen molar-refractivity contribution in [3.63, 3.8) is 0 Å². The highest BCUT2D eigenvalue weighted by molar-refractivity contribution is 6.30. The lowest BCUT2D eigenvalue weighted by molar-refractivity contribution is -0.163. The molecule has 17 heteroatoms. The zero-order chi connectivity index (χ0) is 42.6. The number of amides is 6. The number of aliphatic hydroxyl groups excluding tert-OH is 1. The number of halogens is 2. The van der Waals surface area contributed by atoms with Gasteiger partial charge in [-0.3, -0.25) is 28.8 Å². The van der Waals surface area contributed by atoms with Gasteiger partial charge in [-0.1, -0.05) is 54.4 Å². The van der Waals surface area contributed by atoms with Gasteiger partial charge in [-0.2, -0.15) is 0 Å². The predicted molar refractivity (Wildman–Crippen MR) is 209 cm³/mol. The number of esters is 1. The molecule has 0 aromatic heterocycles. The highest BCUT2D eigenvalue weighted by atomic mass is 35.5. The Balaban J connectivity index is 1.51. The third-order valence-electron chi connectivity index (χ3n) is 11.0. The monoisotopic (exact) mass is 826 g/mol. The van der Waals surface area contributed by atoms with Crippen LogP contribution in [-0.2, 0) is 51.1 Å². The molecule has 6 amide bonds. The Kier molecular flexibility index (Phi) is 14.2. The minimum Gasteiger partial charge on any atom is -0.458 e. The van der Waals surface area contributed by atoms with Crippen molar-refractivity contribution in [1.29, 1.82) is 0 Å². The van der Waals surface area contributed by atoms with Crippen molar-refractivity contribution in [1.82, 2.24) is 30.7 Å². The van der Waals surface area contributed by atoms with Gasteiger partial charge in [0.05, 0.1) is 12.5 Å². The molecule has 2 aromatic carbocycles. The number of fused-ring (bicyclic) bond motifs is 2. The van der Waals surface area contributed by atoms with Gasteiger partial charge in [0, 0.05) is 31.6 Å². The zero-order valence-electron chi connectivity index (χ0n) is 33.5. The van der Waals surface area contributed by atoms with Crippen LogP contribution in [0.1, 0.15) is 63.6 Å². The summed E-state index contributed by atoms with van der Waals surface area (Å²) in [6, 6.07) is 3.41. The first kappa shape index (κ1) is 44.0. The third kappa shape index (κ3) is 10.1. The summed E-state index contributed by atoms with van der Waals surface area (Å²) in [4.78, 5) is 101. The van der Waals surface area contributed by atoms with Gasteiger partial charge < -0.3 is 40.5 Å². The number of nitrogens with zero attached hydrogens (tertiary/aromatic N) is 3. The highest BCUT2D eigenvalue weighted by Crippen LogP contribution is 2.27. The first-order chi connectivity index (χ1) is 27.4. The van der Waals surface area contributed by atoms with Crippen molar-refractivity contribution in [2.45, 2.75) is 115 Å². The van der Waals surface area contributed by atoms with E-state index in [2.05, 4.69) is 16.0 Å². The lowest BCUT2D eigenvalue weighted by Crippen LogP contribution is -2.63. The van der Waals surface area contributed by atoms with E-state index in [0.717, 1.165) is 16.5 Å². The first-order valence-electron chi connectivity index (χ1n) is 19.5. The Hall–Kier alpha value is -5.09. The quantitative estimate of drug-likeness (QED) is 0.285. The van der Waals surface area contributed by atoms with Gasteiger partial charge in [0.1, 0.15) is 48.2 Å². The summed E-state index contributed by atoms with van der Waals surface area (Å²) in [5.41, 5.74) is 1.59. The van der Waals surface area contributed by atoms with Crippen LogP contribution in [0.15, 0.2) is 42.5 Å². The Morgan fingerprint density at radius 3 is 2.41 bits per heavy atom. The molecule has 3 saturated heterocycles. The molecule has 0 radical (unpaired) electrons. The summed E-state index contributed by atoms with van der Waals surface area (Å²) >= 11 is 5.89. The van der Waals surface area contributed by atoms with Crippen molar-refractivity contribution in [2.24, 2.45) is 5.92 Å². The fourth-order valence-electron chi connectivity index (χ4n) is 8.01. The van der Waals surface area contributed by atoms with Crippen LogP contribution in [0.3, 0.4) is 0 Å². The smallest absolute Gasteiger partial charge is 0.329 e. The van der Waals surface area contributed by atoms with E-state index in [4.69, 9.17) is 16.3 Å². The number of benzene rings is 2. The topological polar surface area (TPSA) is 195 Å². The van der Waals surface area contributed by atoms with Crippen LogP contribution in [0.5, 0.6) is 0 Å². The molecule has 58 heavy (non-hydrogen) atoms. The molecule has 0 spiro atoms. The molecular formula is C41H52ClFN6O9. The predicted octanol–water partition coefficient (Wildman–Crippen LogP) is 1.43. The Labute approximate surface area is 341 Å². The summed E-state index contributed by atoms with van der Waals surface area (Å²) in [7, 11) is 1.33. The van der Waals surface area contributed by atoms with Crippen molar-refractivity contribution < 1.29 is 47.8 Å². The molecule has 15 nitrogen and oxygen atoms in total. The van der Waals surface area contributed by atoms with Crippen LogP contribution >= 0.6 is 11.6 Å². The summed E-state index contributed by atoms with van der Waals surface area (Å²) in [6.07, 6.45) is -2.40. The van der Waals surface area contributed by atoms with Crippen molar-refractivity contribution >= 4 is 53.0 Å². The number of hydrogen-bond acceptors (Lipinski definition) is 9. The number of aryl methyl sites for hydroxylation is 1. The number of nitrogens with one attached hydrogen (secondary N) is 3. The maximum atomic E-state index is 14.7. The van der Waals surface area contributed by atoms with E-state index in [9.17, 15) is 43.1 Å². The molecule has 0 bridgehead atoms. The number of likely N-dealkylation sites (N-methyl/N-ethyl adjacent to an activating group) is 1. The normalized spacial score (nSPS) is 27.0. The van der Waals surface area contributed by atoms with E-state index < -0.39 is 102 Å². The summed E-state index contributed by atoms with van der Waals surface area (Å²) in [5.74, 6) is -6.03. The molecule has 0 saturated carbocycles. The number of rotatable bonds is 8. The largest absolute Gasteiger partial charge is 0.458 e. The number of cyclic esters (lactones) is 1. The van der Waals surface area contributed by atoms with Crippen molar-refractivity contribution in [3.05, 3.63) is 70.0 Å². The van der Waals surface area contributed by atoms with E-state index in [1.165, 1.54) is 49.8 Å². The molecular weight excluding hydrogens is 775 g/mol. The van der Waals surface area contributed by atoms with E-state index in [1.807, 2.05) is 26.0 Å². The van der Waals surface area contributed by atoms with E-state index in [1.54, 1.807) is 12.1 Å². The maximum Gasteiger partial charge on any atom is 0.329 e. The van der Waals surface area contributed by atoms with Gasteiger partial charge in [-0.25, -0.2) is 9.18 Å². The Bertz CT molecular complexity index is 1930. The van der Waals surface area contributed by atoms with Crippen LogP contribution < -0.4 is 16.0 Å². The third-order valence-corrected chi connectivity index (χ3v) is 11.2. The summed E-state index contributed by atoms with van der Waals surface area (Å²) in [5, 5.41) is 18.8. The molecule has 4 N–H and O–H groups in total. The van der Waals surface area contributed by atoms with Gasteiger partial charge >= 0.3 is 5.97 Å². The van der Waals surface area contributed by atoms with Crippen molar-refractivity contribution in [3.8, 4) is 0 Å². The molecule has 2 aromatic rings. The fourth-order valence-corrected chi connectivity index (χ4v) is 8.17. The van der Waals surface area contributed by atoms with Gasteiger partial charge in [-0.15, -0.1) is 0 Å². The minimum absolute atomic E-state index is 0.0366. The molecule has 0 aliphatic carbocycles. The maximum absolute atomic E-state index is 14.7. The standard InChI is InChI=1S/C41H52ClFN6O9/c1-21-9-7-10-26(15-21)17-30(45-33(51)18-27-12-13-28(42)19-29(27)43)36(52)46-34-25(5)58-41(57)32-16-22(2)20-49(32)38(54)23(3)44-37(53)35(24(4)50)47(6)39(55)31-11-8-14-48(31)40(34)56/h7,9-10,12-13,15,19,22-25,30-32,34-35,50H,8,11,14,16-18,20H2,1-6H3,(H,44,53)(H,45,51)(H,46,52)/t22-,23+,24-,25+,30+,31+,32+,34+,35?/m1/s1. The summed E-state index contributed by atoms with van der Waals surface area (Å²) in [6.45, 7) is 8.13. The van der Waals surface area contributed by atoms with Gasteiger partial charge in [0.2, 0.25) is 35.4 Å². The average Bonchev–Trinajstić information content (AvgIpc) is 3.80. The van der Waals surface area contributed by atoms with Crippen molar-refractivity contribution in [2.75, 3.05) is 20.1 Å². The number of carbonyl (C=O) groups is 7. The molecule has 3 aliphatic heterocycles. The molecule has 5 rings (SSSR count). The van der Waals surface area contributed by atoms with E-state index >= 15 is 0 Å². The lowest BCUT2D eigenvalue weighted by atomic mass is 10.0. The molecule has 3 heterocycles. The van der Waals surface area contributed by atoms with Gasteiger partial charge in [0.15, 0.2) is 0 Å². The Morgan fingerprint density at radius 2 is 1.74 bits per heavy atom. The van der Waals surface area contributed by atoms with E-state index in [0.29, 0.717) is 12.0 Å². The highest BCUT2D eigenvalue weighted by Gasteiger charge is 2.47. The van der Waals surface area contributed by atoms with Crippen LogP contribution in [0.2, 0.25) is 5.02 Å². The van der Waals surface area contributed by atoms with Gasteiger partial charge in [0.25, 0.3) is 0 Å². The first-order valence-corrected chi connectivity index (χ1v) is 19.9. The second-order valence-corrected chi connectivity index (χ2v) is 16.2. The van der Waals surface area contributed by atoms with E-state index in [-0.39, 0.29) is 48.9 Å². The minimum atomic E-state index is -1.59. The Morgan fingerprint density at radius 1 is 1.02 bits per heavy atom. The fraction of sp³-hybridized carbons (Fsp3) is 0.537. The van der Waals surface area contributed by atoms with Crippen LogP contribution in [0.4, 0.5) is 4.39 Å². The molecule has 3 fully saturated rings. The molecule has 9 atom stereocenters. The SMILES string of the molecule is Cc1cccc(C[C@H](NC(=O)Cc2ccc(Cl)cc2F)C(=O)N[C@@H]2C(=O)N3CCC[C@H]3C(=O)N(C)C([C@@H](C)O)C(=O)N[C@@H](C)C(=O)N3C[C@H](C)C[C@H]3C(=O)O[C@H]2C)c1. The van der Waals surface area contributed by atoms with Crippen LogP contribution in [0, 0.1) is 18.7 Å². The number of ether oxygens (including phenoxy) is 1. The average molecular weight is 827 g/mol. The summed E-state index contributed by atoms with van der Waals surface area (Å²) < 4.78 is 20.6. The molecule has 1 unspecified atom stereocenters. The number of aliphatic hydroxyl groups is 1. The molecule has 314 valence electrons. The molecule has 3 aliphatic rings. The number of hydrogen-bond donors (Lipinski definition) is 4. The lowest BCUT2D eigenvalue weighted by Gasteiger charge is -2.37. The van der Waals surface area contributed by atoms with Crippen LogP contribution in [-0.4, -0.2) is 130 Å². The zero-order valence-corrected chi connectivity index (χ0v) is 34.3. The van der Waals surface area contributed by atoms with Gasteiger partial charge in [-0.05, 0) is 76.1 Å². The second-order valence-electron chi connectivity index (χ2n) is 15.8. The second kappa shape index (κ2) is 18.7. The van der Waals surface area contributed by atoms with Crippen LogP contribution in [0.25, 0.3) is 0 Å².